The molecule has 34 heavy (non-hydrogen) atoms. The summed E-state index contributed by atoms with van der Waals surface area (Å²) in [6.07, 6.45) is 1.03. The van der Waals surface area contributed by atoms with Gasteiger partial charge in [0.1, 0.15) is 13.2 Å². The molecule has 1 saturated carbocycles. The molecular formula is C29H40O4Si. The number of rotatable bonds is 11. The summed E-state index contributed by atoms with van der Waals surface area (Å²) in [7, 11) is -1.40. The largest absolute Gasteiger partial charge is 0.460 e. The van der Waals surface area contributed by atoms with E-state index in [1.807, 2.05) is 60.7 Å². The lowest BCUT2D eigenvalue weighted by atomic mass is 9.85. The van der Waals surface area contributed by atoms with E-state index in [4.69, 9.17) is 9.47 Å². The molecule has 0 bridgehead atoms. The Labute approximate surface area is 206 Å². The quantitative estimate of drug-likeness (QED) is 0.197. The van der Waals surface area contributed by atoms with Gasteiger partial charge in [-0.05, 0) is 35.8 Å². The smallest absolute Gasteiger partial charge is 0.323 e. The summed E-state index contributed by atoms with van der Waals surface area (Å²) < 4.78 is 11.5. The lowest BCUT2D eigenvalue weighted by molar-refractivity contribution is -0.174. The molecule has 0 aromatic heterocycles. The Morgan fingerprint density at radius 2 is 1.24 bits per heavy atom. The van der Waals surface area contributed by atoms with Crippen molar-refractivity contribution in [2.75, 3.05) is 0 Å². The summed E-state index contributed by atoms with van der Waals surface area (Å²) in [6.45, 7) is 9.48. The monoisotopic (exact) mass is 480 g/mol. The van der Waals surface area contributed by atoms with E-state index < -0.39 is 25.4 Å². The number of benzene rings is 2. The zero-order valence-corrected chi connectivity index (χ0v) is 22.2. The standard InChI is InChI=1S/C29H40O4Si/c1-5-34(6-2,7-3)22-26-19-29(18-23(26)4,27(30)32-20-24-14-10-8-11-15-24)28(31)33-21-25-16-12-9-13-17-25/h8-17,23,26H,5-7,18-22H2,1-4H3/t23-,26+/m1/s1. The molecule has 1 fully saturated rings. The van der Waals surface area contributed by atoms with Gasteiger partial charge in [-0.1, -0.05) is 113 Å². The van der Waals surface area contributed by atoms with E-state index in [-0.39, 0.29) is 19.1 Å². The van der Waals surface area contributed by atoms with Crippen molar-refractivity contribution in [1.29, 1.82) is 0 Å². The first-order chi connectivity index (χ1) is 16.4. The summed E-state index contributed by atoms with van der Waals surface area (Å²) in [6, 6.07) is 24.2. The molecule has 2 aromatic rings. The van der Waals surface area contributed by atoms with Crippen molar-refractivity contribution < 1.29 is 19.1 Å². The summed E-state index contributed by atoms with van der Waals surface area (Å²) in [5, 5.41) is 0. The molecule has 1 aliphatic rings. The van der Waals surface area contributed by atoms with Crippen molar-refractivity contribution in [2.24, 2.45) is 17.3 Å². The number of carbonyl (C=O) groups excluding carboxylic acids is 2. The first kappa shape index (κ1) is 26.2. The maximum Gasteiger partial charge on any atom is 0.323 e. The third-order valence-corrected chi connectivity index (χ3v) is 14.1. The normalized spacial score (nSPS) is 19.5. The third kappa shape index (κ3) is 5.98. The minimum absolute atomic E-state index is 0.171. The van der Waals surface area contributed by atoms with Gasteiger partial charge in [-0.25, -0.2) is 0 Å². The number of ether oxygens (including phenoxy) is 2. The average molecular weight is 481 g/mol. The Kier molecular flexibility index (Phi) is 9.12. The van der Waals surface area contributed by atoms with Gasteiger partial charge in [0.15, 0.2) is 5.41 Å². The van der Waals surface area contributed by atoms with Crippen LogP contribution in [0.1, 0.15) is 51.7 Å². The highest BCUT2D eigenvalue weighted by atomic mass is 28.3. The molecule has 0 amide bonds. The molecule has 3 rings (SSSR count). The minimum atomic E-state index is -1.40. The van der Waals surface area contributed by atoms with Crippen LogP contribution in [0.25, 0.3) is 0 Å². The molecule has 0 radical (unpaired) electrons. The predicted octanol–water partition coefficient (Wildman–Crippen LogP) is 7.01. The second kappa shape index (κ2) is 11.8. The first-order valence-electron chi connectivity index (χ1n) is 12.8. The van der Waals surface area contributed by atoms with Gasteiger partial charge in [0.2, 0.25) is 0 Å². The van der Waals surface area contributed by atoms with Gasteiger partial charge in [-0.3, -0.25) is 9.59 Å². The molecule has 0 saturated heterocycles. The molecule has 2 aromatic carbocycles. The van der Waals surface area contributed by atoms with Crippen LogP contribution in [0.15, 0.2) is 60.7 Å². The fourth-order valence-corrected chi connectivity index (χ4v) is 9.63. The van der Waals surface area contributed by atoms with Crippen molar-refractivity contribution in [3.63, 3.8) is 0 Å². The minimum Gasteiger partial charge on any atom is -0.460 e. The van der Waals surface area contributed by atoms with Crippen LogP contribution in [0.2, 0.25) is 24.2 Å². The van der Waals surface area contributed by atoms with Crippen LogP contribution < -0.4 is 0 Å². The zero-order valence-electron chi connectivity index (χ0n) is 21.2. The van der Waals surface area contributed by atoms with Gasteiger partial charge in [0.25, 0.3) is 0 Å². The second-order valence-corrected chi connectivity index (χ2v) is 15.6. The molecule has 0 N–H and O–H groups in total. The van der Waals surface area contributed by atoms with Crippen LogP contribution in [-0.4, -0.2) is 20.0 Å². The Hall–Kier alpha value is -2.40. The van der Waals surface area contributed by atoms with Crippen molar-refractivity contribution in [2.45, 2.75) is 77.9 Å². The van der Waals surface area contributed by atoms with E-state index in [0.29, 0.717) is 18.8 Å². The van der Waals surface area contributed by atoms with E-state index in [1.54, 1.807) is 0 Å². The second-order valence-electron chi connectivity index (χ2n) is 10.1. The highest BCUT2D eigenvalue weighted by Gasteiger charge is 2.57. The van der Waals surface area contributed by atoms with Gasteiger partial charge in [0, 0.05) is 0 Å². The maximum atomic E-state index is 13.5. The van der Waals surface area contributed by atoms with E-state index >= 15 is 0 Å². The lowest BCUT2D eigenvalue weighted by Gasteiger charge is -2.33. The molecule has 184 valence electrons. The summed E-state index contributed by atoms with van der Waals surface area (Å²) >= 11 is 0. The van der Waals surface area contributed by atoms with Crippen LogP contribution in [0.3, 0.4) is 0 Å². The Morgan fingerprint density at radius 1 is 0.794 bits per heavy atom. The SMILES string of the molecule is CC[Si](CC)(CC)C[C@@H]1CC(C(=O)OCc2ccccc2)(C(=O)OCc2ccccc2)C[C@H]1C. The summed E-state index contributed by atoms with van der Waals surface area (Å²) in [4.78, 5) is 27.1. The van der Waals surface area contributed by atoms with Crippen LogP contribution in [-0.2, 0) is 32.3 Å². The highest BCUT2D eigenvalue weighted by molar-refractivity contribution is 6.79. The lowest BCUT2D eigenvalue weighted by Crippen LogP contribution is -2.40. The van der Waals surface area contributed by atoms with Gasteiger partial charge < -0.3 is 9.47 Å². The fraction of sp³-hybridized carbons (Fsp3) is 0.517. The van der Waals surface area contributed by atoms with Crippen LogP contribution >= 0.6 is 0 Å². The first-order valence-corrected chi connectivity index (χ1v) is 15.6. The van der Waals surface area contributed by atoms with Gasteiger partial charge >= 0.3 is 11.9 Å². The Morgan fingerprint density at radius 3 is 1.65 bits per heavy atom. The number of hydrogen-bond donors (Lipinski definition) is 0. The van der Waals surface area contributed by atoms with Crippen LogP contribution in [0, 0.1) is 17.3 Å². The fourth-order valence-electron chi connectivity index (χ4n) is 5.60. The number of carbonyl (C=O) groups is 2. The molecular weight excluding hydrogens is 440 g/mol. The van der Waals surface area contributed by atoms with Gasteiger partial charge in [0.05, 0.1) is 8.07 Å². The van der Waals surface area contributed by atoms with E-state index in [0.717, 1.165) is 17.2 Å². The molecule has 5 heteroatoms. The molecule has 1 aliphatic carbocycles. The molecule has 0 spiro atoms. The molecule has 0 aliphatic heterocycles. The van der Waals surface area contributed by atoms with Crippen molar-refractivity contribution in [3.05, 3.63) is 71.8 Å². The topological polar surface area (TPSA) is 52.6 Å². The van der Waals surface area contributed by atoms with Gasteiger partial charge in [-0.2, -0.15) is 0 Å². The van der Waals surface area contributed by atoms with Crippen molar-refractivity contribution in [3.8, 4) is 0 Å². The van der Waals surface area contributed by atoms with E-state index in [1.165, 1.54) is 18.1 Å². The predicted molar refractivity (Wildman–Crippen MR) is 139 cm³/mol. The third-order valence-electron chi connectivity index (χ3n) is 8.24. The maximum absolute atomic E-state index is 13.5. The number of hydrogen-bond acceptors (Lipinski definition) is 4. The zero-order chi connectivity index (χ0) is 24.6. The Bertz CT molecular complexity index is 860. The van der Waals surface area contributed by atoms with Crippen molar-refractivity contribution >= 4 is 20.0 Å². The molecule has 2 atom stereocenters. The van der Waals surface area contributed by atoms with E-state index in [2.05, 4.69) is 27.7 Å². The Balaban J connectivity index is 1.81. The molecule has 4 nitrogen and oxygen atoms in total. The average Bonchev–Trinajstić information content (AvgIpc) is 3.22. The molecule has 0 heterocycles. The summed E-state index contributed by atoms with van der Waals surface area (Å²) in [5.74, 6) is -0.230. The molecule has 0 unspecified atom stereocenters. The van der Waals surface area contributed by atoms with Gasteiger partial charge in [-0.15, -0.1) is 0 Å². The van der Waals surface area contributed by atoms with Crippen LogP contribution in [0.4, 0.5) is 0 Å². The van der Waals surface area contributed by atoms with Crippen LogP contribution in [0.5, 0.6) is 0 Å². The van der Waals surface area contributed by atoms with E-state index in [9.17, 15) is 9.59 Å². The summed E-state index contributed by atoms with van der Waals surface area (Å²) in [5.41, 5.74) is 0.615. The highest BCUT2D eigenvalue weighted by Crippen LogP contribution is 2.51. The number of esters is 2. The van der Waals surface area contributed by atoms with Crippen molar-refractivity contribution in [1.82, 2.24) is 0 Å².